The molecular formula is C55H70N5O10P. The Labute approximate surface area is 420 Å². The fourth-order valence-corrected chi connectivity index (χ4v) is 10.9. The van der Waals surface area contributed by atoms with Crippen LogP contribution in [0.15, 0.2) is 103 Å². The van der Waals surface area contributed by atoms with Gasteiger partial charge in [-0.1, -0.05) is 79.6 Å². The lowest BCUT2D eigenvalue weighted by molar-refractivity contribution is -0.134. The van der Waals surface area contributed by atoms with Crippen LogP contribution in [0.25, 0.3) is 4.85 Å². The van der Waals surface area contributed by atoms with Crippen LogP contribution in [-0.2, 0) is 33.8 Å². The molecule has 1 unspecified atom stereocenters. The topological polar surface area (TPSA) is 150 Å². The standard InChI is InChI=1S/C55H70N5O10P/c1-40(2)60(41(3)4)71(69-36-34-56-5)70-48-37-45(39-67-55(42-19-11-8-12-20-42,43-25-29-46(65-6)30-26-43)44-27-31-47(66-7)32-28-44)58(38-48)52(62)24-14-9-17-33-57-51(61)23-13-10-18-35-68-59-53(63)49-21-15-16-22-50(49)54(59)64/h8,11-12,15-16,19-22,25-32,40-41,45,48H,9-10,13-14,17-18,23-24,33-39H2,1-4,6-7H3,(H,57,61)/t45-,48+,71?/m0/s1. The Morgan fingerprint density at radius 1 is 0.746 bits per heavy atom. The molecule has 2 aliphatic rings. The minimum atomic E-state index is -1.55. The summed E-state index contributed by atoms with van der Waals surface area (Å²) >= 11 is 0. The van der Waals surface area contributed by atoms with Gasteiger partial charge in [-0.15, -0.1) is 5.06 Å². The molecule has 15 nitrogen and oxygen atoms in total. The highest BCUT2D eigenvalue weighted by atomic mass is 31.2. The van der Waals surface area contributed by atoms with Gasteiger partial charge in [0, 0.05) is 38.0 Å². The molecule has 6 rings (SSSR count). The van der Waals surface area contributed by atoms with E-state index in [9.17, 15) is 19.2 Å². The van der Waals surface area contributed by atoms with E-state index in [-0.39, 0.29) is 62.4 Å². The average Bonchev–Trinajstić information content (AvgIpc) is 3.90. The van der Waals surface area contributed by atoms with Gasteiger partial charge in [0.15, 0.2) is 0 Å². The number of methoxy groups -OCH3 is 2. The van der Waals surface area contributed by atoms with Gasteiger partial charge in [0.2, 0.25) is 18.4 Å². The number of fused-ring (bicyclic) bond motifs is 1. The predicted molar refractivity (Wildman–Crippen MR) is 273 cm³/mol. The normalized spacial score (nSPS) is 16.2. The van der Waals surface area contributed by atoms with E-state index in [2.05, 4.69) is 54.7 Å². The zero-order valence-corrected chi connectivity index (χ0v) is 42.9. The van der Waals surface area contributed by atoms with Crippen molar-refractivity contribution in [1.29, 1.82) is 0 Å². The predicted octanol–water partition coefficient (Wildman–Crippen LogP) is 9.74. The fourth-order valence-electron chi connectivity index (χ4n) is 9.17. The van der Waals surface area contributed by atoms with Gasteiger partial charge in [0.1, 0.15) is 23.7 Å². The van der Waals surface area contributed by atoms with Crippen LogP contribution in [0.3, 0.4) is 0 Å². The molecule has 2 aliphatic heterocycles. The van der Waals surface area contributed by atoms with Crippen LogP contribution < -0.4 is 14.8 Å². The fraction of sp³-hybridized carbons (Fsp3) is 0.473. The number of hydrogen-bond donors (Lipinski definition) is 1. The third-order valence-corrected chi connectivity index (χ3v) is 14.9. The molecular weight excluding hydrogens is 922 g/mol. The minimum Gasteiger partial charge on any atom is -0.497 e. The van der Waals surface area contributed by atoms with Crippen molar-refractivity contribution in [2.45, 2.75) is 115 Å². The molecule has 0 aromatic heterocycles. The summed E-state index contributed by atoms with van der Waals surface area (Å²) < 4.78 is 33.9. The quantitative estimate of drug-likeness (QED) is 0.0182. The number of ether oxygens (including phenoxy) is 3. The van der Waals surface area contributed by atoms with Gasteiger partial charge in [-0.25, -0.2) is 11.2 Å². The first-order valence-electron chi connectivity index (χ1n) is 24.8. The van der Waals surface area contributed by atoms with Gasteiger partial charge in [-0.3, -0.25) is 24.0 Å². The molecule has 4 amide bonds. The molecule has 380 valence electrons. The van der Waals surface area contributed by atoms with E-state index in [0.29, 0.717) is 80.7 Å². The van der Waals surface area contributed by atoms with E-state index in [1.165, 1.54) is 0 Å². The van der Waals surface area contributed by atoms with E-state index in [0.717, 1.165) is 34.6 Å². The van der Waals surface area contributed by atoms with Gasteiger partial charge >= 0.3 is 0 Å². The maximum absolute atomic E-state index is 14.4. The van der Waals surface area contributed by atoms with Crippen LogP contribution in [0.5, 0.6) is 11.5 Å². The SMILES string of the molecule is [C-]#[N+]CCOP(O[C@@H]1C[C@@H](COC(c2ccccc2)(c2ccc(OC)cc2)c2ccc(OC)cc2)N(C(=O)CCCCCNC(=O)CCCCCON2C(=O)c3ccccc3C2=O)C1)N(C(C)C)C(C)C. The summed E-state index contributed by atoms with van der Waals surface area (Å²) in [6.07, 6.45) is 4.90. The number of nitrogens with one attached hydrogen (secondary N) is 1. The van der Waals surface area contributed by atoms with Crippen LogP contribution in [0, 0.1) is 6.57 Å². The Balaban J connectivity index is 1.08. The van der Waals surface area contributed by atoms with Crippen LogP contribution in [-0.4, -0.2) is 116 Å². The van der Waals surface area contributed by atoms with E-state index < -0.39 is 25.9 Å². The number of imide groups is 1. The van der Waals surface area contributed by atoms with Crippen molar-refractivity contribution in [2.24, 2.45) is 0 Å². The summed E-state index contributed by atoms with van der Waals surface area (Å²) in [4.78, 5) is 63.0. The number of hydrogen-bond acceptors (Lipinski definition) is 11. The molecule has 0 bridgehead atoms. The van der Waals surface area contributed by atoms with Gasteiger partial charge in [-0.05, 0) is 113 Å². The lowest BCUT2D eigenvalue weighted by Gasteiger charge is -2.38. The molecule has 1 N–H and O–H groups in total. The van der Waals surface area contributed by atoms with Crippen LogP contribution in [0.1, 0.15) is 123 Å². The second-order valence-corrected chi connectivity index (χ2v) is 19.7. The second-order valence-electron chi connectivity index (χ2n) is 18.3. The number of carbonyl (C=O) groups excluding carboxylic acids is 4. The number of likely N-dealkylation sites (tertiary alicyclic amines) is 1. The molecule has 71 heavy (non-hydrogen) atoms. The highest BCUT2D eigenvalue weighted by Gasteiger charge is 2.44. The third kappa shape index (κ3) is 14.2. The van der Waals surface area contributed by atoms with Crippen molar-refractivity contribution in [3.05, 3.63) is 142 Å². The number of amides is 4. The van der Waals surface area contributed by atoms with Crippen LogP contribution in [0.2, 0.25) is 0 Å². The lowest BCUT2D eigenvalue weighted by atomic mass is 9.80. The first-order valence-corrected chi connectivity index (χ1v) is 25.9. The van der Waals surface area contributed by atoms with Crippen molar-refractivity contribution in [3.8, 4) is 11.5 Å². The summed E-state index contributed by atoms with van der Waals surface area (Å²) in [6.45, 7) is 17.5. The highest BCUT2D eigenvalue weighted by Crippen LogP contribution is 2.49. The van der Waals surface area contributed by atoms with Crippen molar-refractivity contribution in [3.63, 3.8) is 0 Å². The molecule has 1 fully saturated rings. The van der Waals surface area contributed by atoms with Gasteiger partial charge < -0.3 is 38.3 Å². The van der Waals surface area contributed by atoms with Crippen molar-refractivity contribution in [2.75, 3.05) is 53.7 Å². The summed E-state index contributed by atoms with van der Waals surface area (Å²) in [5.41, 5.74) is 2.28. The second kappa shape index (κ2) is 27.2. The van der Waals surface area contributed by atoms with Gasteiger partial charge in [0.05, 0.1) is 50.7 Å². The van der Waals surface area contributed by atoms with E-state index in [4.69, 9.17) is 34.7 Å². The largest absolute Gasteiger partial charge is 0.497 e. The zero-order valence-electron chi connectivity index (χ0n) is 42.0. The minimum absolute atomic E-state index is 0.00255. The molecule has 0 radical (unpaired) electrons. The van der Waals surface area contributed by atoms with Gasteiger partial charge in [0.25, 0.3) is 20.3 Å². The summed E-state index contributed by atoms with van der Waals surface area (Å²) in [5, 5.41) is 3.82. The maximum Gasteiger partial charge on any atom is 0.285 e. The molecule has 0 saturated carbocycles. The van der Waals surface area contributed by atoms with E-state index in [1.54, 1.807) is 38.5 Å². The molecule has 0 aliphatic carbocycles. The Kier molecular flexibility index (Phi) is 20.9. The van der Waals surface area contributed by atoms with Gasteiger partial charge in [-0.2, -0.15) is 0 Å². The Bertz CT molecular complexity index is 2290. The molecule has 4 aromatic rings. The zero-order chi connectivity index (χ0) is 50.8. The van der Waals surface area contributed by atoms with E-state index in [1.807, 2.05) is 71.6 Å². The highest BCUT2D eigenvalue weighted by molar-refractivity contribution is 7.44. The Hall–Kier alpha value is -5.72. The Morgan fingerprint density at radius 2 is 1.31 bits per heavy atom. The molecule has 16 heteroatoms. The molecule has 4 aromatic carbocycles. The molecule has 1 saturated heterocycles. The number of unbranched alkanes of at least 4 members (excludes halogenated alkanes) is 4. The van der Waals surface area contributed by atoms with Crippen LogP contribution in [0.4, 0.5) is 0 Å². The number of carbonyl (C=O) groups is 4. The third-order valence-electron chi connectivity index (χ3n) is 12.7. The van der Waals surface area contributed by atoms with Crippen molar-refractivity contribution >= 4 is 32.2 Å². The summed E-state index contributed by atoms with van der Waals surface area (Å²) in [5.74, 6) is 0.472. The number of hydroxylamine groups is 2. The number of nitrogens with zero attached hydrogens (tertiary/aromatic N) is 4. The van der Waals surface area contributed by atoms with Crippen molar-refractivity contribution in [1.82, 2.24) is 20.0 Å². The lowest BCUT2D eigenvalue weighted by Crippen LogP contribution is -2.42. The van der Waals surface area contributed by atoms with E-state index >= 15 is 0 Å². The smallest absolute Gasteiger partial charge is 0.285 e. The number of benzene rings is 4. The average molecular weight is 992 g/mol. The molecule has 2 heterocycles. The first-order chi connectivity index (χ1) is 34.4. The molecule has 0 spiro atoms. The summed E-state index contributed by atoms with van der Waals surface area (Å²) in [7, 11) is 1.73. The molecule has 3 atom stereocenters. The number of rotatable bonds is 29. The monoisotopic (exact) mass is 991 g/mol. The summed E-state index contributed by atoms with van der Waals surface area (Å²) in [6, 6.07) is 32.4. The first kappa shape index (κ1) is 54.6. The van der Waals surface area contributed by atoms with Crippen molar-refractivity contribution < 1.29 is 47.3 Å². The maximum atomic E-state index is 14.4. The van der Waals surface area contributed by atoms with Crippen LogP contribution >= 0.6 is 8.53 Å². The Morgan fingerprint density at radius 3 is 1.89 bits per heavy atom.